The number of esters is 1. The second-order valence-electron chi connectivity index (χ2n) is 7.54. The van der Waals surface area contributed by atoms with E-state index in [4.69, 9.17) is 13.9 Å². The number of hydrogen-bond acceptors (Lipinski definition) is 7. The molecule has 1 amide bonds. The number of carbonyl (C=O) groups is 2. The van der Waals surface area contributed by atoms with E-state index in [0.717, 1.165) is 36.8 Å². The van der Waals surface area contributed by atoms with Crippen molar-refractivity contribution in [3.63, 3.8) is 0 Å². The molecule has 1 aromatic carbocycles. The van der Waals surface area contributed by atoms with Crippen LogP contribution in [-0.2, 0) is 28.9 Å². The molecule has 4 rings (SSSR count). The van der Waals surface area contributed by atoms with Crippen molar-refractivity contribution < 1.29 is 23.5 Å². The monoisotopic (exact) mass is 466 g/mol. The predicted molar refractivity (Wildman–Crippen MR) is 127 cm³/mol. The number of amides is 1. The summed E-state index contributed by atoms with van der Waals surface area (Å²) in [5, 5.41) is 3.64. The summed E-state index contributed by atoms with van der Waals surface area (Å²) in [4.78, 5) is 30.7. The minimum atomic E-state index is -0.425. The predicted octanol–water partition coefficient (Wildman–Crippen LogP) is 4.84. The number of rotatable bonds is 9. The first-order valence-electron chi connectivity index (χ1n) is 11.0. The quantitative estimate of drug-likeness (QED) is 0.360. The molecule has 0 unspecified atom stereocenters. The van der Waals surface area contributed by atoms with Crippen LogP contribution in [0, 0.1) is 0 Å². The number of aliphatic imine (C=N–C) groups is 1. The van der Waals surface area contributed by atoms with Crippen LogP contribution in [0.5, 0.6) is 5.75 Å². The largest absolute Gasteiger partial charge is 0.481 e. The lowest BCUT2D eigenvalue weighted by molar-refractivity contribution is -0.145. The molecular formula is C25H26N2O5S. The van der Waals surface area contributed by atoms with Crippen molar-refractivity contribution >= 4 is 34.4 Å². The van der Waals surface area contributed by atoms with Crippen LogP contribution in [0.3, 0.4) is 0 Å². The van der Waals surface area contributed by atoms with Crippen molar-refractivity contribution in [1.82, 2.24) is 5.32 Å². The van der Waals surface area contributed by atoms with Gasteiger partial charge in [-0.1, -0.05) is 12.1 Å². The Balaban J connectivity index is 1.56. The fraction of sp³-hybridized carbons (Fsp3) is 0.320. The van der Waals surface area contributed by atoms with Crippen LogP contribution < -0.4 is 10.1 Å². The summed E-state index contributed by atoms with van der Waals surface area (Å²) in [5.74, 6) is 0.653. The molecule has 0 atom stereocenters. The van der Waals surface area contributed by atoms with Gasteiger partial charge in [-0.3, -0.25) is 4.79 Å². The highest BCUT2D eigenvalue weighted by Crippen LogP contribution is 2.40. The third-order valence-electron chi connectivity index (χ3n) is 5.27. The molecule has 8 heteroatoms. The van der Waals surface area contributed by atoms with Crippen LogP contribution >= 0.6 is 11.3 Å². The van der Waals surface area contributed by atoms with Gasteiger partial charge in [0.25, 0.3) is 5.91 Å². The highest BCUT2D eigenvalue weighted by molar-refractivity contribution is 7.16. The van der Waals surface area contributed by atoms with E-state index in [0.29, 0.717) is 35.2 Å². The molecule has 3 aromatic rings. The Morgan fingerprint density at radius 3 is 2.85 bits per heavy atom. The fourth-order valence-electron chi connectivity index (χ4n) is 3.73. The summed E-state index contributed by atoms with van der Waals surface area (Å²) in [6.45, 7) is 2.21. The lowest BCUT2D eigenvalue weighted by Gasteiger charge is -2.12. The average Bonchev–Trinajstić information content (AvgIpc) is 3.48. The molecule has 0 aliphatic heterocycles. The van der Waals surface area contributed by atoms with Crippen LogP contribution in [0.4, 0.5) is 5.00 Å². The van der Waals surface area contributed by atoms with Gasteiger partial charge in [0, 0.05) is 16.7 Å². The van der Waals surface area contributed by atoms with Crippen molar-refractivity contribution in [1.29, 1.82) is 0 Å². The van der Waals surface area contributed by atoms with Crippen LogP contribution in [0.15, 0.2) is 52.1 Å². The zero-order valence-corrected chi connectivity index (χ0v) is 19.3. The van der Waals surface area contributed by atoms with Crippen LogP contribution in [-0.4, -0.2) is 31.3 Å². The smallest absolute Gasteiger partial charge is 0.344 e. The minimum absolute atomic E-state index is 0.148. The van der Waals surface area contributed by atoms with Gasteiger partial charge in [0.2, 0.25) is 0 Å². The van der Waals surface area contributed by atoms with E-state index in [-0.39, 0.29) is 12.5 Å². The number of fused-ring (bicyclic) bond motifs is 1. The summed E-state index contributed by atoms with van der Waals surface area (Å²) < 4.78 is 15.9. The normalized spacial score (nSPS) is 13.0. The molecule has 0 spiro atoms. The lowest BCUT2D eigenvalue weighted by Crippen LogP contribution is -2.23. The molecule has 172 valence electrons. The molecule has 0 bridgehead atoms. The van der Waals surface area contributed by atoms with Crippen molar-refractivity contribution in [2.24, 2.45) is 4.99 Å². The number of ether oxygens (including phenoxy) is 2. The molecule has 2 heterocycles. The fourth-order valence-corrected chi connectivity index (χ4v) is 4.96. The number of furan rings is 1. The SMILES string of the molecule is CCOC(=O)COc1ccccc1C=Nc1sc2c(c1C(=O)NCc1ccco1)CCCC2. The van der Waals surface area contributed by atoms with E-state index in [1.807, 2.05) is 24.3 Å². The van der Waals surface area contributed by atoms with E-state index in [9.17, 15) is 9.59 Å². The number of nitrogens with one attached hydrogen (secondary N) is 1. The maximum absolute atomic E-state index is 13.1. The molecule has 2 aromatic heterocycles. The number of nitrogens with zero attached hydrogens (tertiary/aromatic N) is 1. The first-order valence-corrected chi connectivity index (χ1v) is 11.8. The Hall–Kier alpha value is -3.39. The first-order chi connectivity index (χ1) is 16.2. The zero-order chi connectivity index (χ0) is 23.0. The lowest BCUT2D eigenvalue weighted by atomic mass is 9.95. The Morgan fingerprint density at radius 2 is 2.03 bits per heavy atom. The van der Waals surface area contributed by atoms with Crippen LogP contribution in [0.25, 0.3) is 0 Å². The van der Waals surface area contributed by atoms with Crippen molar-refractivity contribution in [2.45, 2.75) is 39.2 Å². The Labute approximate surface area is 196 Å². The molecule has 1 N–H and O–H groups in total. The summed E-state index contributed by atoms with van der Waals surface area (Å²) in [6, 6.07) is 11.0. The molecular weight excluding hydrogens is 440 g/mol. The molecule has 1 aliphatic rings. The Bertz CT molecular complexity index is 1130. The van der Waals surface area contributed by atoms with E-state index in [1.54, 1.807) is 42.9 Å². The summed E-state index contributed by atoms with van der Waals surface area (Å²) in [7, 11) is 0. The van der Waals surface area contributed by atoms with Crippen LogP contribution in [0.2, 0.25) is 0 Å². The highest BCUT2D eigenvalue weighted by Gasteiger charge is 2.25. The minimum Gasteiger partial charge on any atom is -0.481 e. The molecule has 33 heavy (non-hydrogen) atoms. The number of aryl methyl sites for hydroxylation is 1. The van der Waals surface area contributed by atoms with Gasteiger partial charge in [-0.2, -0.15) is 0 Å². The number of para-hydroxylation sites is 1. The van der Waals surface area contributed by atoms with Gasteiger partial charge in [-0.05, 0) is 62.4 Å². The van der Waals surface area contributed by atoms with E-state index >= 15 is 0 Å². The maximum atomic E-state index is 13.1. The van der Waals surface area contributed by atoms with Gasteiger partial charge >= 0.3 is 5.97 Å². The summed E-state index contributed by atoms with van der Waals surface area (Å²) in [5.41, 5.74) is 2.46. The van der Waals surface area contributed by atoms with Gasteiger partial charge in [0.15, 0.2) is 6.61 Å². The number of carbonyl (C=O) groups excluding carboxylic acids is 2. The van der Waals surface area contributed by atoms with Crippen molar-refractivity contribution in [3.8, 4) is 5.75 Å². The number of benzene rings is 1. The molecule has 0 saturated heterocycles. The third-order valence-corrected chi connectivity index (χ3v) is 6.47. The molecule has 0 fully saturated rings. The molecule has 1 aliphatic carbocycles. The van der Waals surface area contributed by atoms with Crippen molar-refractivity contribution in [3.05, 3.63) is 70.0 Å². The van der Waals surface area contributed by atoms with E-state index in [1.165, 1.54) is 4.88 Å². The summed E-state index contributed by atoms with van der Waals surface area (Å²) >= 11 is 1.57. The van der Waals surface area contributed by atoms with Gasteiger partial charge in [-0.25, -0.2) is 9.79 Å². The molecule has 0 saturated carbocycles. The zero-order valence-electron chi connectivity index (χ0n) is 18.5. The highest BCUT2D eigenvalue weighted by atomic mass is 32.1. The van der Waals surface area contributed by atoms with Gasteiger partial charge < -0.3 is 19.2 Å². The average molecular weight is 467 g/mol. The van der Waals surface area contributed by atoms with Gasteiger partial charge in [-0.15, -0.1) is 11.3 Å². The third kappa shape index (κ3) is 5.70. The molecule has 7 nitrogen and oxygen atoms in total. The van der Waals surface area contributed by atoms with E-state index in [2.05, 4.69) is 10.3 Å². The topological polar surface area (TPSA) is 90.1 Å². The van der Waals surface area contributed by atoms with Crippen molar-refractivity contribution in [2.75, 3.05) is 13.2 Å². The van der Waals surface area contributed by atoms with Crippen LogP contribution in [0.1, 0.15) is 51.9 Å². The van der Waals surface area contributed by atoms with Gasteiger partial charge in [0.05, 0.1) is 25.0 Å². The second kappa shape index (κ2) is 11.0. The number of thiophene rings is 1. The standard InChI is InChI=1S/C25H26N2O5S/c1-2-30-22(28)16-32-20-11-5-3-8-17(20)14-27-25-23(19-10-4-6-12-21(19)33-25)24(29)26-15-18-9-7-13-31-18/h3,5,7-9,11,13-14H,2,4,6,10,12,15-16H2,1H3,(H,26,29). The number of hydrogen-bond donors (Lipinski definition) is 1. The van der Waals surface area contributed by atoms with Gasteiger partial charge in [0.1, 0.15) is 16.5 Å². The van der Waals surface area contributed by atoms with E-state index < -0.39 is 5.97 Å². The Morgan fingerprint density at radius 1 is 1.18 bits per heavy atom. The Kier molecular flexibility index (Phi) is 7.57. The maximum Gasteiger partial charge on any atom is 0.344 e. The summed E-state index contributed by atoms with van der Waals surface area (Å²) in [6.07, 6.45) is 7.30. The second-order valence-corrected chi connectivity index (χ2v) is 8.63. The first kappa shape index (κ1) is 22.8. The molecule has 0 radical (unpaired) electrons.